The molecule has 0 spiro atoms. The lowest BCUT2D eigenvalue weighted by Gasteiger charge is -2.08. The first-order valence-corrected chi connectivity index (χ1v) is 6.07. The van der Waals surface area contributed by atoms with Crippen LogP contribution in [0.25, 0.3) is 0 Å². The second-order valence-corrected chi connectivity index (χ2v) is 4.63. The van der Waals surface area contributed by atoms with Crippen molar-refractivity contribution in [3.8, 4) is 11.6 Å². The Hall–Kier alpha value is -1.39. The molecule has 1 aromatic carbocycles. The fourth-order valence-corrected chi connectivity index (χ4v) is 1.77. The number of nitrogens with two attached hydrogens (primary N) is 1. The Bertz CT molecular complexity index is 529. The van der Waals surface area contributed by atoms with Gasteiger partial charge in [-0.25, -0.2) is 4.98 Å². The van der Waals surface area contributed by atoms with Crippen LogP contribution >= 0.6 is 15.9 Å². The summed E-state index contributed by atoms with van der Waals surface area (Å²) in [6.45, 7) is 2.48. The van der Waals surface area contributed by atoms with Crippen LogP contribution in [0.5, 0.6) is 11.6 Å². The molecule has 2 aromatic rings. The van der Waals surface area contributed by atoms with Gasteiger partial charge in [-0.05, 0) is 36.2 Å². The molecule has 0 aliphatic rings. The average Bonchev–Trinajstić information content (AvgIpc) is 2.34. The highest BCUT2D eigenvalue weighted by Crippen LogP contribution is 2.27. The summed E-state index contributed by atoms with van der Waals surface area (Å²) < 4.78 is 6.72. The minimum Gasteiger partial charge on any atom is -0.439 e. The maximum absolute atomic E-state index is 5.74. The molecule has 17 heavy (non-hydrogen) atoms. The lowest BCUT2D eigenvalue weighted by atomic mass is 10.2. The minimum atomic E-state index is 0.482. The van der Waals surface area contributed by atoms with E-state index in [4.69, 9.17) is 10.5 Å². The summed E-state index contributed by atoms with van der Waals surface area (Å²) in [6, 6.07) is 9.62. The van der Waals surface area contributed by atoms with Crippen LogP contribution in [0, 0.1) is 6.92 Å². The number of hydrogen-bond donors (Lipinski definition) is 1. The van der Waals surface area contributed by atoms with Crippen molar-refractivity contribution in [3.05, 3.63) is 52.1 Å². The molecule has 0 aliphatic heterocycles. The van der Waals surface area contributed by atoms with Crippen LogP contribution in [-0.4, -0.2) is 4.98 Å². The first-order chi connectivity index (χ1) is 8.19. The molecular formula is C13H13BrN2O. The zero-order valence-electron chi connectivity index (χ0n) is 9.48. The van der Waals surface area contributed by atoms with Gasteiger partial charge in [-0.3, -0.25) is 0 Å². The van der Waals surface area contributed by atoms with E-state index in [0.717, 1.165) is 21.3 Å². The Balaban J connectivity index is 2.27. The van der Waals surface area contributed by atoms with Gasteiger partial charge in [-0.15, -0.1) is 0 Å². The van der Waals surface area contributed by atoms with E-state index in [0.29, 0.717) is 12.4 Å². The van der Waals surface area contributed by atoms with E-state index in [1.165, 1.54) is 0 Å². The molecule has 0 atom stereocenters. The van der Waals surface area contributed by atoms with E-state index < -0.39 is 0 Å². The van der Waals surface area contributed by atoms with Gasteiger partial charge in [0, 0.05) is 23.3 Å². The first kappa shape index (κ1) is 12.1. The monoisotopic (exact) mass is 292 g/mol. The number of benzene rings is 1. The van der Waals surface area contributed by atoms with Crippen LogP contribution in [0.15, 0.2) is 41.0 Å². The normalized spacial score (nSPS) is 10.3. The predicted molar refractivity (Wildman–Crippen MR) is 71.1 cm³/mol. The summed E-state index contributed by atoms with van der Waals surface area (Å²) in [5.74, 6) is 1.36. The van der Waals surface area contributed by atoms with Gasteiger partial charge in [0.05, 0.1) is 0 Å². The molecule has 0 unspecified atom stereocenters. The van der Waals surface area contributed by atoms with Crippen molar-refractivity contribution < 1.29 is 4.74 Å². The summed E-state index contributed by atoms with van der Waals surface area (Å²) in [7, 11) is 0. The molecule has 0 aliphatic carbocycles. The third-order valence-electron chi connectivity index (χ3n) is 2.40. The molecule has 1 aromatic heterocycles. The van der Waals surface area contributed by atoms with Crippen molar-refractivity contribution in [2.24, 2.45) is 5.73 Å². The summed E-state index contributed by atoms with van der Waals surface area (Å²) in [6.07, 6.45) is 1.70. The molecule has 4 heteroatoms. The SMILES string of the molecule is Cc1ccc(Br)cc1Oc1cc(CN)ccn1. The molecule has 0 fully saturated rings. The van der Waals surface area contributed by atoms with E-state index in [9.17, 15) is 0 Å². The van der Waals surface area contributed by atoms with Crippen molar-refractivity contribution >= 4 is 15.9 Å². The van der Waals surface area contributed by atoms with E-state index in [-0.39, 0.29) is 0 Å². The highest BCUT2D eigenvalue weighted by Gasteiger charge is 2.03. The van der Waals surface area contributed by atoms with Gasteiger partial charge in [0.2, 0.25) is 5.88 Å². The fourth-order valence-electron chi connectivity index (χ4n) is 1.43. The van der Waals surface area contributed by atoms with Gasteiger partial charge in [-0.2, -0.15) is 0 Å². The summed E-state index contributed by atoms with van der Waals surface area (Å²) in [5, 5.41) is 0. The number of nitrogens with zero attached hydrogens (tertiary/aromatic N) is 1. The molecule has 0 radical (unpaired) electrons. The van der Waals surface area contributed by atoms with Crippen LogP contribution < -0.4 is 10.5 Å². The number of halogens is 1. The Kier molecular flexibility index (Phi) is 3.76. The lowest BCUT2D eigenvalue weighted by Crippen LogP contribution is -1.97. The van der Waals surface area contributed by atoms with Crippen molar-refractivity contribution in [2.45, 2.75) is 13.5 Å². The highest BCUT2D eigenvalue weighted by molar-refractivity contribution is 9.10. The van der Waals surface area contributed by atoms with Gasteiger partial charge < -0.3 is 10.5 Å². The standard InChI is InChI=1S/C13H13BrN2O/c1-9-2-3-11(14)7-12(9)17-13-6-10(8-15)4-5-16-13/h2-7H,8,15H2,1H3. The van der Waals surface area contributed by atoms with E-state index in [1.807, 2.05) is 37.3 Å². The Morgan fingerprint density at radius 2 is 2.12 bits per heavy atom. The Morgan fingerprint density at radius 3 is 2.88 bits per heavy atom. The first-order valence-electron chi connectivity index (χ1n) is 5.28. The molecule has 0 saturated carbocycles. The number of aryl methyl sites for hydroxylation is 1. The lowest BCUT2D eigenvalue weighted by molar-refractivity contribution is 0.458. The van der Waals surface area contributed by atoms with Crippen LogP contribution in [-0.2, 0) is 6.54 Å². The zero-order chi connectivity index (χ0) is 12.3. The van der Waals surface area contributed by atoms with Crippen molar-refractivity contribution in [1.29, 1.82) is 0 Å². The van der Waals surface area contributed by atoms with Crippen molar-refractivity contribution in [2.75, 3.05) is 0 Å². The van der Waals surface area contributed by atoms with Gasteiger partial charge in [0.1, 0.15) is 5.75 Å². The summed E-state index contributed by atoms with van der Waals surface area (Å²) >= 11 is 3.42. The van der Waals surface area contributed by atoms with E-state index in [1.54, 1.807) is 6.20 Å². The molecule has 2 rings (SSSR count). The summed E-state index contributed by atoms with van der Waals surface area (Å²) in [4.78, 5) is 4.16. The maximum atomic E-state index is 5.74. The predicted octanol–water partition coefficient (Wildman–Crippen LogP) is 3.40. The molecular weight excluding hydrogens is 280 g/mol. The third-order valence-corrected chi connectivity index (χ3v) is 2.89. The molecule has 3 nitrogen and oxygen atoms in total. The fraction of sp³-hybridized carbons (Fsp3) is 0.154. The number of ether oxygens (including phenoxy) is 1. The quantitative estimate of drug-likeness (QED) is 0.943. The second kappa shape index (κ2) is 5.29. The van der Waals surface area contributed by atoms with Gasteiger partial charge >= 0.3 is 0 Å². The third kappa shape index (κ3) is 3.05. The smallest absolute Gasteiger partial charge is 0.219 e. The van der Waals surface area contributed by atoms with E-state index >= 15 is 0 Å². The number of aromatic nitrogens is 1. The van der Waals surface area contributed by atoms with Crippen molar-refractivity contribution in [1.82, 2.24) is 4.98 Å². The van der Waals surface area contributed by atoms with Crippen LogP contribution in [0.3, 0.4) is 0 Å². The second-order valence-electron chi connectivity index (χ2n) is 3.72. The van der Waals surface area contributed by atoms with Crippen molar-refractivity contribution in [3.63, 3.8) is 0 Å². The van der Waals surface area contributed by atoms with Gasteiger partial charge in [0.15, 0.2) is 0 Å². The Labute approximate surface area is 109 Å². The van der Waals surface area contributed by atoms with Crippen LogP contribution in [0.2, 0.25) is 0 Å². The van der Waals surface area contributed by atoms with Gasteiger partial charge in [-0.1, -0.05) is 22.0 Å². The van der Waals surface area contributed by atoms with Gasteiger partial charge in [0.25, 0.3) is 0 Å². The highest BCUT2D eigenvalue weighted by atomic mass is 79.9. The maximum Gasteiger partial charge on any atom is 0.219 e. The number of pyridine rings is 1. The molecule has 88 valence electrons. The molecule has 2 N–H and O–H groups in total. The van der Waals surface area contributed by atoms with Crippen LogP contribution in [0.4, 0.5) is 0 Å². The Morgan fingerprint density at radius 1 is 1.29 bits per heavy atom. The largest absolute Gasteiger partial charge is 0.439 e. The molecule has 1 heterocycles. The number of hydrogen-bond acceptors (Lipinski definition) is 3. The average molecular weight is 293 g/mol. The molecule has 0 amide bonds. The zero-order valence-corrected chi connectivity index (χ0v) is 11.1. The summed E-state index contributed by atoms with van der Waals surface area (Å²) in [5.41, 5.74) is 7.64. The molecule has 0 saturated heterocycles. The van der Waals surface area contributed by atoms with Crippen LogP contribution in [0.1, 0.15) is 11.1 Å². The minimum absolute atomic E-state index is 0.482. The number of rotatable bonds is 3. The topological polar surface area (TPSA) is 48.1 Å². The van der Waals surface area contributed by atoms with E-state index in [2.05, 4.69) is 20.9 Å². The molecule has 0 bridgehead atoms.